The Bertz CT molecular complexity index is 1470. The van der Waals surface area contributed by atoms with Crippen LogP contribution in [0, 0.1) is 0 Å². The van der Waals surface area contributed by atoms with Gasteiger partial charge in [0.05, 0.1) is 11.4 Å². The highest BCUT2D eigenvalue weighted by atomic mass is 16.5. The lowest BCUT2D eigenvalue weighted by atomic mass is 10.2. The average molecular weight is 537 g/mol. The van der Waals surface area contributed by atoms with Crippen molar-refractivity contribution < 1.29 is 14.3 Å². The van der Waals surface area contributed by atoms with Crippen LogP contribution in [0.3, 0.4) is 0 Å². The van der Waals surface area contributed by atoms with Gasteiger partial charge in [0.1, 0.15) is 17.2 Å². The van der Waals surface area contributed by atoms with Crippen molar-refractivity contribution in [2.24, 2.45) is 10.7 Å². The number of carbonyl (C=O) groups excluding carboxylic acids is 2. The third kappa shape index (κ3) is 6.46. The van der Waals surface area contributed by atoms with E-state index in [-0.39, 0.29) is 11.9 Å². The van der Waals surface area contributed by atoms with E-state index >= 15 is 0 Å². The smallest absolute Gasteiger partial charge is 0.339 e. The summed E-state index contributed by atoms with van der Waals surface area (Å²) in [6.45, 7) is 6.07. The van der Waals surface area contributed by atoms with Crippen LogP contribution in [-0.4, -0.2) is 43.3 Å². The van der Waals surface area contributed by atoms with E-state index in [4.69, 9.17) is 10.5 Å². The molecule has 3 aromatic rings. The SMILES string of the molecule is C=C/N=C1\C(=C(/C)N)N(c2ccc(Oc3ccccc3)cc2)C(=O)N1c1cccc(NC(=O)/C=C/CN(C)C)c1. The predicted molar refractivity (Wildman–Crippen MR) is 161 cm³/mol. The zero-order valence-corrected chi connectivity index (χ0v) is 22.7. The summed E-state index contributed by atoms with van der Waals surface area (Å²) in [5.74, 6) is 1.37. The fourth-order valence-electron chi connectivity index (χ4n) is 4.09. The van der Waals surface area contributed by atoms with Crippen molar-refractivity contribution in [3.8, 4) is 11.5 Å². The number of carbonyl (C=O) groups is 2. The molecule has 1 fully saturated rings. The van der Waals surface area contributed by atoms with Crippen molar-refractivity contribution in [3.05, 3.63) is 115 Å². The molecule has 0 bridgehead atoms. The Morgan fingerprint density at radius 3 is 2.35 bits per heavy atom. The van der Waals surface area contributed by atoms with Gasteiger partial charge in [0.25, 0.3) is 0 Å². The molecule has 0 aliphatic carbocycles. The lowest BCUT2D eigenvalue weighted by Gasteiger charge is -2.19. The number of nitrogens with two attached hydrogens (primary N) is 1. The number of aliphatic imine (C=N–C) groups is 1. The quantitative estimate of drug-likeness (QED) is 0.341. The number of hydrogen-bond donors (Lipinski definition) is 2. The summed E-state index contributed by atoms with van der Waals surface area (Å²) in [4.78, 5) is 35.6. The first kappa shape index (κ1) is 27.9. The standard InChI is InChI=1S/C31H32N6O3/c1-5-33-30-29(22(2)32)36(24-16-18-27(19-17-24)40-26-13-7-6-8-14-26)31(39)37(30)25-12-9-11-23(21-25)34-28(38)15-10-20-35(3)4/h5-19,21H,1,20,32H2,2-4H3,(H,34,38)/b15-10+,29-22-,33-30+. The van der Waals surface area contributed by atoms with E-state index in [0.29, 0.717) is 52.3 Å². The number of benzene rings is 3. The number of nitrogens with one attached hydrogen (secondary N) is 1. The van der Waals surface area contributed by atoms with E-state index < -0.39 is 0 Å². The third-order valence-electron chi connectivity index (χ3n) is 5.80. The Labute approximate surface area is 234 Å². The Balaban J connectivity index is 1.64. The first-order chi connectivity index (χ1) is 19.3. The summed E-state index contributed by atoms with van der Waals surface area (Å²) < 4.78 is 5.90. The van der Waals surface area contributed by atoms with Crippen LogP contribution in [-0.2, 0) is 4.79 Å². The molecule has 1 aliphatic rings. The minimum Gasteiger partial charge on any atom is -0.457 e. The molecule has 204 valence electrons. The van der Waals surface area contributed by atoms with Crippen LogP contribution >= 0.6 is 0 Å². The van der Waals surface area contributed by atoms with Gasteiger partial charge in [0.2, 0.25) is 5.91 Å². The number of anilines is 3. The van der Waals surface area contributed by atoms with Gasteiger partial charge < -0.3 is 20.7 Å². The van der Waals surface area contributed by atoms with Gasteiger partial charge in [-0.3, -0.25) is 9.69 Å². The van der Waals surface area contributed by atoms with Crippen molar-refractivity contribution >= 4 is 34.8 Å². The molecule has 3 amide bonds. The number of hydrogen-bond acceptors (Lipinski definition) is 6. The maximum Gasteiger partial charge on any atom is 0.339 e. The summed E-state index contributed by atoms with van der Waals surface area (Å²) >= 11 is 0. The zero-order valence-electron chi connectivity index (χ0n) is 22.7. The molecule has 9 nitrogen and oxygen atoms in total. The highest BCUT2D eigenvalue weighted by Crippen LogP contribution is 2.36. The molecule has 0 spiro atoms. The van der Waals surface area contributed by atoms with E-state index in [1.54, 1.807) is 61.5 Å². The second-order valence-corrected chi connectivity index (χ2v) is 9.23. The molecule has 0 radical (unpaired) electrons. The highest BCUT2D eigenvalue weighted by molar-refractivity contribution is 6.36. The van der Waals surface area contributed by atoms with Gasteiger partial charge in [0, 0.05) is 30.2 Å². The number of amides is 3. The number of urea groups is 1. The Kier molecular flexibility index (Phi) is 8.78. The van der Waals surface area contributed by atoms with Crippen molar-refractivity contribution in [1.29, 1.82) is 0 Å². The topological polar surface area (TPSA) is 103 Å². The monoisotopic (exact) mass is 536 g/mol. The number of nitrogens with zero attached hydrogens (tertiary/aromatic N) is 4. The second kappa shape index (κ2) is 12.6. The van der Waals surface area contributed by atoms with Gasteiger partial charge in [-0.25, -0.2) is 14.7 Å². The number of amidine groups is 1. The molecule has 4 rings (SSSR count). The van der Waals surface area contributed by atoms with Crippen LogP contribution < -0.4 is 25.6 Å². The predicted octanol–water partition coefficient (Wildman–Crippen LogP) is 5.71. The fraction of sp³-hybridized carbons (Fsp3) is 0.129. The summed E-state index contributed by atoms with van der Waals surface area (Å²) in [6, 6.07) is 23.2. The average Bonchev–Trinajstić information content (AvgIpc) is 3.21. The minimum atomic E-state index is -0.383. The van der Waals surface area contributed by atoms with Gasteiger partial charge in [-0.15, -0.1) is 0 Å². The molecule has 3 aromatic carbocycles. The van der Waals surface area contributed by atoms with Crippen molar-refractivity contribution in [2.75, 3.05) is 35.8 Å². The molecule has 0 saturated carbocycles. The molecule has 0 aromatic heterocycles. The Morgan fingerprint density at radius 2 is 1.70 bits per heavy atom. The normalized spacial score (nSPS) is 15.7. The van der Waals surface area contributed by atoms with Crippen LogP contribution in [0.2, 0.25) is 0 Å². The van der Waals surface area contributed by atoms with Crippen molar-refractivity contribution in [3.63, 3.8) is 0 Å². The van der Waals surface area contributed by atoms with Crippen LogP contribution in [0.15, 0.2) is 120 Å². The number of ether oxygens (including phenoxy) is 1. The van der Waals surface area contributed by atoms with Gasteiger partial charge in [-0.2, -0.15) is 0 Å². The zero-order chi connectivity index (χ0) is 28.6. The number of para-hydroxylation sites is 1. The Morgan fingerprint density at radius 1 is 1.00 bits per heavy atom. The maximum atomic E-state index is 13.9. The summed E-state index contributed by atoms with van der Waals surface area (Å²) in [5.41, 5.74) is 8.74. The molecular weight excluding hydrogens is 504 g/mol. The summed E-state index contributed by atoms with van der Waals surface area (Å²) in [7, 11) is 3.84. The lowest BCUT2D eigenvalue weighted by molar-refractivity contribution is -0.111. The molecule has 1 heterocycles. The largest absolute Gasteiger partial charge is 0.457 e. The van der Waals surface area contributed by atoms with E-state index in [0.717, 1.165) is 0 Å². The molecular formula is C31H32N6O3. The summed E-state index contributed by atoms with van der Waals surface area (Å²) in [5, 5.41) is 2.84. The second-order valence-electron chi connectivity index (χ2n) is 9.23. The molecule has 3 N–H and O–H groups in total. The third-order valence-corrected chi connectivity index (χ3v) is 5.80. The van der Waals surface area contributed by atoms with E-state index in [9.17, 15) is 9.59 Å². The summed E-state index contributed by atoms with van der Waals surface area (Å²) in [6.07, 6.45) is 4.61. The van der Waals surface area contributed by atoms with E-state index in [1.807, 2.05) is 49.3 Å². The number of allylic oxidation sites excluding steroid dienone is 1. The number of likely N-dealkylation sites (N-methyl/N-ethyl adjacent to an activating group) is 1. The molecule has 9 heteroatoms. The molecule has 0 atom stereocenters. The lowest BCUT2D eigenvalue weighted by Crippen LogP contribution is -2.33. The minimum absolute atomic E-state index is 0.274. The van der Waals surface area contributed by atoms with Crippen LogP contribution in [0.1, 0.15) is 6.92 Å². The molecule has 0 unspecified atom stereocenters. The van der Waals surface area contributed by atoms with Crippen LogP contribution in [0.25, 0.3) is 0 Å². The van der Waals surface area contributed by atoms with Gasteiger partial charge in [-0.05, 0) is 75.6 Å². The first-order valence-electron chi connectivity index (χ1n) is 12.6. The Hall–Kier alpha value is -5.15. The number of rotatable bonds is 9. The van der Waals surface area contributed by atoms with E-state index in [1.165, 1.54) is 22.1 Å². The van der Waals surface area contributed by atoms with Crippen LogP contribution in [0.4, 0.5) is 21.9 Å². The van der Waals surface area contributed by atoms with Gasteiger partial charge in [0.15, 0.2) is 5.84 Å². The van der Waals surface area contributed by atoms with Gasteiger partial charge in [-0.1, -0.05) is 36.9 Å². The maximum absolute atomic E-state index is 13.9. The van der Waals surface area contributed by atoms with Crippen molar-refractivity contribution in [1.82, 2.24) is 4.90 Å². The van der Waals surface area contributed by atoms with Gasteiger partial charge >= 0.3 is 6.03 Å². The van der Waals surface area contributed by atoms with Crippen LogP contribution in [0.5, 0.6) is 11.5 Å². The molecule has 40 heavy (non-hydrogen) atoms. The van der Waals surface area contributed by atoms with Crippen molar-refractivity contribution in [2.45, 2.75) is 6.92 Å². The fourth-order valence-corrected chi connectivity index (χ4v) is 4.09. The molecule has 1 saturated heterocycles. The highest BCUT2D eigenvalue weighted by Gasteiger charge is 2.42. The first-order valence-corrected chi connectivity index (χ1v) is 12.6. The van der Waals surface area contributed by atoms with E-state index in [2.05, 4.69) is 16.9 Å². The molecule has 1 aliphatic heterocycles.